The van der Waals surface area contributed by atoms with E-state index in [-0.39, 0.29) is 47.5 Å². The van der Waals surface area contributed by atoms with Gasteiger partial charge in [0.1, 0.15) is 17.5 Å². The van der Waals surface area contributed by atoms with Crippen LogP contribution >= 0.6 is 0 Å². The highest BCUT2D eigenvalue weighted by atomic mass is 16.5. The van der Waals surface area contributed by atoms with E-state index < -0.39 is 29.7 Å². The number of urea groups is 1. The van der Waals surface area contributed by atoms with Gasteiger partial charge in [0.15, 0.2) is 0 Å². The molecule has 1 saturated carbocycles. The summed E-state index contributed by atoms with van der Waals surface area (Å²) in [5, 5.41) is 8.57. The Morgan fingerprint density at radius 1 is 0.926 bits per heavy atom. The highest BCUT2D eigenvalue weighted by Gasteiger charge is 2.53. The lowest BCUT2D eigenvalue weighted by atomic mass is 9.60. The maximum Gasteiger partial charge on any atom is 0.317 e. The Morgan fingerprint density at radius 3 is 2.30 bits per heavy atom. The van der Waals surface area contributed by atoms with Gasteiger partial charge in [0.05, 0.1) is 31.9 Å². The molecule has 15 heteroatoms. The number of nitrogens with one attached hydrogen (secondary N) is 3. The van der Waals surface area contributed by atoms with Crippen LogP contribution in [0.3, 0.4) is 0 Å². The largest absolute Gasteiger partial charge is 0.496 e. The van der Waals surface area contributed by atoms with Crippen molar-refractivity contribution in [2.24, 2.45) is 12.5 Å². The van der Waals surface area contributed by atoms with Gasteiger partial charge >= 0.3 is 6.03 Å². The van der Waals surface area contributed by atoms with Crippen molar-refractivity contribution in [3.8, 4) is 22.6 Å². The minimum atomic E-state index is -0.988. The molecule has 1 spiro atoms. The van der Waals surface area contributed by atoms with E-state index in [1.165, 1.54) is 0 Å². The van der Waals surface area contributed by atoms with Crippen LogP contribution in [0, 0.1) is 5.41 Å². The highest BCUT2D eigenvalue weighted by molar-refractivity contribution is 6.23. The number of amides is 6. The van der Waals surface area contributed by atoms with Crippen molar-refractivity contribution < 1.29 is 33.4 Å². The van der Waals surface area contributed by atoms with E-state index >= 15 is 0 Å². The number of methoxy groups -OCH3 is 2. The van der Waals surface area contributed by atoms with E-state index in [4.69, 9.17) is 9.47 Å². The van der Waals surface area contributed by atoms with Crippen LogP contribution in [0.15, 0.2) is 41.3 Å². The zero-order chi connectivity index (χ0) is 38.1. The molecule has 3 aromatic rings. The number of carbonyl (C=O) groups excluding carboxylic acids is 5. The number of fused-ring (bicyclic) bond motifs is 2. The van der Waals surface area contributed by atoms with Crippen LogP contribution in [0.2, 0.25) is 0 Å². The van der Waals surface area contributed by atoms with E-state index in [1.54, 1.807) is 49.9 Å². The van der Waals surface area contributed by atoms with E-state index in [0.717, 1.165) is 58.8 Å². The summed E-state index contributed by atoms with van der Waals surface area (Å²) in [5.41, 5.74) is 5.67. The lowest BCUT2D eigenvalue weighted by Crippen LogP contribution is -2.66. The molecular formula is C39H43N7O8. The minimum Gasteiger partial charge on any atom is -0.496 e. The molecule has 5 heterocycles. The standard InChI is InChI=1S/C39H43N7O8/c1-40-38(52)44-10-9-24-28(17-43(2)35(49)29(24)18-44)21-11-31(53-3)27(32(12-21)54-4)16-41-22-14-39(15-22)19-45(20-39)23-5-6-25-26(13-23)37(51)46(36(25)50)30-7-8-33(47)42-34(30)48/h5-6,11-13,17,22,30,41H,7-10,14-16,18-20H2,1-4H3,(H,40,52)(H,42,47,48). The molecule has 0 bridgehead atoms. The van der Waals surface area contributed by atoms with Gasteiger partial charge in [-0.3, -0.25) is 34.2 Å². The maximum absolute atomic E-state index is 13.3. The van der Waals surface area contributed by atoms with Gasteiger partial charge in [-0.15, -0.1) is 0 Å². The number of benzene rings is 2. The number of imide groups is 2. The van der Waals surface area contributed by atoms with Crippen molar-refractivity contribution in [2.45, 2.75) is 57.3 Å². The van der Waals surface area contributed by atoms with Crippen LogP contribution in [-0.4, -0.2) is 97.0 Å². The number of ether oxygens (including phenoxy) is 2. The number of piperidine rings is 1. The summed E-state index contributed by atoms with van der Waals surface area (Å²) in [6.45, 7) is 2.94. The molecule has 1 atom stereocenters. The summed E-state index contributed by atoms with van der Waals surface area (Å²) < 4.78 is 13.3. The Bertz CT molecular complexity index is 2160. The first-order valence-corrected chi connectivity index (χ1v) is 18.2. The third kappa shape index (κ3) is 5.77. The second-order valence-electron chi connectivity index (χ2n) is 15.0. The van der Waals surface area contributed by atoms with Crippen LogP contribution in [-0.2, 0) is 36.1 Å². The van der Waals surface area contributed by atoms with Gasteiger partial charge in [0, 0.05) is 86.7 Å². The fourth-order valence-corrected chi connectivity index (χ4v) is 8.93. The number of hydrogen-bond donors (Lipinski definition) is 3. The third-order valence-electron chi connectivity index (χ3n) is 11.8. The first-order valence-electron chi connectivity index (χ1n) is 18.2. The molecule has 15 nitrogen and oxygen atoms in total. The Kier molecular flexibility index (Phi) is 8.71. The van der Waals surface area contributed by atoms with Crippen molar-refractivity contribution in [3.05, 3.63) is 74.7 Å². The number of nitrogens with zero attached hydrogens (tertiary/aromatic N) is 4. The van der Waals surface area contributed by atoms with Gasteiger partial charge in [-0.1, -0.05) is 0 Å². The molecule has 1 aliphatic carbocycles. The molecule has 5 aliphatic rings. The lowest BCUT2D eigenvalue weighted by molar-refractivity contribution is -0.136. The summed E-state index contributed by atoms with van der Waals surface area (Å²) >= 11 is 0. The van der Waals surface area contributed by atoms with Crippen molar-refractivity contribution >= 4 is 35.3 Å². The summed E-state index contributed by atoms with van der Waals surface area (Å²) in [5.74, 6) is -0.686. The van der Waals surface area contributed by atoms with Crippen LogP contribution in [0.25, 0.3) is 11.1 Å². The molecule has 282 valence electrons. The number of aryl methyl sites for hydroxylation is 1. The maximum atomic E-state index is 13.3. The summed E-state index contributed by atoms with van der Waals surface area (Å²) in [6, 6.07) is 8.32. The van der Waals surface area contributed by atoms with E-state index in [1.807, 2.05) is 24.4 Å². The number of hydrogen-bond acceptors (Lipinski definition) is 10. The smallest absolute Gasteiger partial charge is 0.317 e. The molecule has 0 radical (unpaired) electrons. The monoisotopic (exact) mass is 737 g/mol. The van der Waals surface area contributed by atoms with Gasteiger partial charge < -0.3 is 34.5 Å². The molecule has 8 rings (SSSR count). The van der Waals surface area contributed by atoms with Gasteiger partial charge in [0.2, 0.25) is 11.8 Å². The summed E-state index contributed by atoms with van der Waals surface area (Å²) in [7, 11) is 6.57. The van der Waals surface area contributed by atoms with Crippen LogP contribution in [0.4, 0.5) is 10.5 Å². The van der Waals surface area contributed by atoms with Gasteiger partial charge in [0.25, 0.3) is 17.4 Å². The first kappa shape index (κ1) is 35.3. The molecule has 4 aliphatic heterocycles. The lowest BCUT2D eigenvalue weighted by Gasteiger charge is -2.60. The molecule has 54 heavy (non-hydrogen) atoms. The average molecular weight is 738 g/mol. The van der Waals surface area contributed by atoms with Crippen LogP contribution in [0.5, 0.6) is 11.5 Å². The Morgan fingerprint density at radius 2 is 1.63 bits per heavy atom. The van der Waals surface area contributed by atoms with Gasteiger partial charge in [-0.25, -0.2) is 4.79 Å². The molecule has 2 aromatic carbocycles. The molecule has 1 unspecified atom stereocenters. The second-order valence-corrected chi connectivity index (χ2v) is 15.0. The van der Waals surface area contributed by atoms with Gasteiger partial charge in [-0.05, 0) is 67.1 Å². The van der Waals surface area contributed by atoms with Crippen molar-refractivity contribution in [3.63, 3.8) is 0 Å². The normalized spacial score (nSPS) is 20.3. The van der Waals surface area contributed by atoms with Crippen molar-refractivity contribution in [2.75, 3.05) is 45.8 Å². The minimum absolute atomic E-state index is 0.0797. The third-order valence-corrected chi connectivity index (χ3v) is 11.8. The summed E-state index contributed by atoms with van der Waals surface area (Å²) in [4.78, 5) is 80.8. The van der Waals surface area contributed by atoms with Crippen LogP contribution < -0.4 is 35.9 Å². The number of aromatic nitrogens is 1. The fourth-order valence-electron chi connectivity index (χ4n) is 8.93. The number of pyridine rings is 1. The Balaban J connectivity index is 0.914. The molecule has 1 aromatic heterocycles. The second kappa shape index (κ2) is 13.3. The summed E-state index contributed by atoms with van der Waals surface area (Å²) in [6.07, 6.45) is 4.56. The molecule has 6 amide bonds. The van der Waals surface area contributed by atoms with Crippen molar-refractivity contribution in [1.29, 1.82) is 0 Å². The predicted octanol–water partition coefficient (Wildman–Crippen LogP) is 1.93. The van der Waals surface area contributed by atoms with Gasteiger partial charge in [-0.2, -0.15) is 0 Å². The number of carbonyl (C=O) groups is 5. The zero-order valence-electron chi connectivity index (χ0n) is 30.7. The average Bonchev–Trinajstić information content (AvgIpc) is 3.38. The molecule has 3 fully saturated rings. The van der Waals surface area contributed by atoms with E-state index in [9.17, 15) is 28.8 Å². The SMILES string of the molecule is CNC(=O)N1CCc2c(-c3cc(OC)c(CNC4CC5(C4)CN(c4ccc6c(c4)C(=O)N(C4CCC(=O)NC4=O)C6=O)C5)c(OC)c3)cn(C)c(=O)c2C1. The molecular weight excluding hydrogens is 694 g/mol. The number of anilines is 1. The Hall–Kier alpha value is -5.70. The zero-order valence-corrected chi connectivity index (χ0v) is 30.7. The number of rotatable bonds is 8. The predicted molar refractivity (Wildman–Crippen MR) is 196 cm³/mol. The fraction of sp³-hybridized carbons (Fsp3) is 0.436. The van der Waals surface area contributed by atoms with Crippen molar-refractivity contribution in [1.82, 2.24) is 30.3 Å². The van der Waals surface area contributed by atoms with E-state index in [2.05, 4.69) is 20.9 Å². The highest BCUT2D eigenvalue weighted by Crippen LogP contribution is 2.50. The molecule has 2 saturated heterocycles. The molecule has 3 N–H and O–H groups in total. The first-order chi connectivity index (χ1) is 25.9. The van der Waals surface area contributed by atoms with E-state index in [0.29, 0.717) is 42.6 Å². The Labute approximate surface area is 311 Å². The topological polar surface area (TPSA) is 172 Å². The quantitative estimate of drug-likeness (QED) is 0.290. The van der Waals surface area contributed by atoms with Crippen LogP contribution in [0.1, 0.15) is 63.1 Å².